The highest BCUT2D eigenvalue weighted by Crippen LogP contribution is 2.05. The Labute approximate surface area is 70.9 Å². The van der Waals surface area contributed by atoms with E-state index in [-0.39, 0.29) is 18.6 Å². The highest BCUT2D eigenvalue weighted by Gasteiger charge is 1.84. The second-order valence-corrected chi connectivity index (χ2v) is 1.98. The minimum atomic E-state index is 0. The molecule has 1 nitrogen and oxygen atoms in total. The molecule has 0 radical (unpaired) electrons. The Morgan fingerprint density at radius 2 is 1.50 bits per heavy atom. The third-order valence-electron chi connectivity index (χ3n) is 1.40. The SMILES string of the molecule is CCC=C(CC)CC.Cl.N. The van der Waals surface area contributed by atoms with Gasteiger partial charge in [-0.2, -0.15) is 0 Å². The average Bonchev–Trinajstić information content (AvgIpc) is 1.83. The van der Waals surface area contributed by atoms with Crippen LogP contribution in [0, 0.1) is 0 Å². The summed E-state index contributed by atoms with van der Waals surface area (Å²) in [4.78, 5) is 0. The van der Waals surface area contributed by atoms with Gasteiger partial charge >= 0.3 is 0 Å². The third-order valence-corrected chi connectivity index (χ3v) is 1.40. The molecular formula is C8H20ClN. The Morgan fingerprint density at radius 3 is 1.60 bits per heavy atom. The smallest absolute Gasteiger partial charge is 0.0349 e. The molecule has 0 aromatic heterocycles. The predicted octanol–water partition coefficient (Wildman–Crippen LogP) is 3.73. The number of hydrogen-bond donors (Lipinski definition) is 1. The molecule has 10 heavy (non-hydrogen) atoms. The van der Waals surface area contributed by atoms with Crippen LogP contribution in [0.1, 0.15) is 40.0 Å². The molecule has 0 bridgehead atoms. The van der Waals surface area contributed by atoms with Gasteiger partial charge in [-0.25, -0.2) is 0 Å². The van der Waals surface area contributed by atoms with E-state index in [9.17, 15) is 0 Å². The molecule has 0 aliphatic carbocycles. The fourth-order valence-electron chi connectivity index (χ4n) is 0.827. The largest absolute Gasteiger partial charge is 0.344 e. The van der Waals surface area contributed by atoms with Crippen molar-refractivity contribution in [2.45, 2.75) is 40.0 Å². The molecule has 0 amide bonds. The average molecular weight is 166 g/mol. The number of hydrogen-bond acceptors (Lipinski definition) is 1. The molecule has 0 unspecified atom stereocenters. The molecule has 0 aromatic carbocycles. The minimum absolute atomic E-state index is 0. The van der Waals surface area contributed by atoms with Gasteiger partial charge in [-0.15, -0.1) is 12.4 Å². The van der Waals surface area contributed by atoms with Gasteiger partial charge in [0.2, 0.25) is 0 Å². The summed E-state index contributed by atoms with van der Waals surface area (Å²) in [5.41, 5.74) is 1.59. The summed E-state index contributed by atoms with van der Waals surface area (Å²) in [6.45, 7) is 6.61. The fraction of sp³-hybridized carbons (Fsp3) is 0.750. The first kappa shape index (κ1) is 16.5. The summed E-state index contributed by atoms with van der Waals surface area (Å²) in [7, 11) is 0. The van der Waals surface area contributed by atoms with Crippen LogP contribution in [0.3, 0.4) is 0 Å². The van der Waals surface area contributed by atoms with Gasteiger partial charge in [0.25, 0.3) is 0 Å². The first-order valence-electron chi connectivity index (χ1n) is 3.53. The first-order chi connectivity index (χ1) is 3.85. The zero-order valence-electron chi connectivity index (χ0n) is 7.31. The first-order valence-corrected chi connectivity index (χ1v) is 3.53. The van der Waals surface area contributed by atoms with Crippen LogP contribution in [0.25, 0.3) is 0 Å². The molecule has 0 aromatic rings. The van der Waals surface area contributed by atoms with E-state index in [0.29, 0.717) is 0 Å². The molecule has 0 fully saturated rings. The summed E-state index contributed by atoms with van der Waals surface area (Å²) in [6, 6.07) is 0. The monoisotopic (exact) mass is 165 g/mol. The Hall–Kier alpha value is -0.0100. The zero-order chi connectivity index (χ0) is 6.41. The van der Waals surface area contributed by atoms with Gasteiger partial charge in [-0.3, -0.25) is 0 Å². The van der Waals surface area contributed by atoms with Crippen LogP contribution in [0.4, 0.5) is 0 Å². The molecule has 2 heteroatoms. The van der Waals surface area contributed by atoms with Gasteiger partial charge in [0.15, 0.2) is 0 Å². The van der Waals surface area contributed by atoms with Crippen LogP contribution >= 0.6 is 12.4 Å². The van der Waals surface area contributed by atoms with Crippen LogP contribution < -0.4 is 6.15 Å². The van der Waals surface area contributed by atoms with Crippen molar-refractivity contribution < 1.29 is 0 Å². The minimum Gasteiger partial charge on any atom is -0.344 e. The maximum Gasteiger partial charge on any atom is -0.0349 e. The van der Waals surface area contributed by atoms with E-state index in [0.717, 1.165) is 0 Å². The summed E-state index contributed by atoms with van der Waals surface area (Å²) >= 11 is 0. The van der Waals surface area contributed by atoms with Gasteiger partial charge in [-0.1, -0.05) is 32.4 Å². The molecule has 0 saturated heterocycles. The summed E-state index contributed by atoms with van der Waals surface area (Å²) in [5, 5.41) is 0. The molecular weight excluding hydrogens is 146 g/mol. The van der Waals surface area contributed by atoms with Gasteiger partial charge < -0.3 is 6.15 Å². The van der Waals surface area contributed by atoms with E-state index >= 15 is 0 Å². The molecule has 0 spiro atoms. The lowest BCUT2D eigenvalue weighted by Crippen LogP contribution is -1.74. The van der Waals surface area contributed by atoms with Gasteiger partial charge in [0.05, 0.1) is 0 Å². The maximum atomic E-state index is 2.32. The normalized spacial score (nSPS) is 7.10. The lowest BCUT2D eigenvalue weighted by Gasteiger charge is -1.95. The lowest BCUT2D eigenvalue weighted by atomic mass is 10.1. The Kier molecular flexibility index (Phi) is 19.4. The van der Waals surface area contributed by atoms with Crippen molar-refractivity contribution >= 4 is 12.4 Å². The Morgan fingerprint density at radius 1 is 1.10 bits per heavy atom. The second kappa shape index (κ2) is 11.7. The molecule has 0 atom stereocenters. The number of halogens is 1. The van der Waals surface area contributed by atoms with E-state index in [1.807, 2.05) is 0 Å². The molecule has 3 N–H and O–H groups in total. The van der Waals surface area contributed by atoms with E-state index < -0.39 is 0 Å². The maximum absolute atomic E-state index is 2.32. The van der Waals surface area contributed by atoms with E-state index in [4.69, 9.17) is 0 Å². The standard InChI is InChI=1S/C8H16.ClH.H3N/c1-4-7-8(5-2)6-3;;/h7H,4-6H2,1-3H3;1H;1H3. The fourth-order valence-corrected chi connectivity index (χ4v) is 0.827. The summed E-state index contributed by atoms with van der Waals surface area (Å²) < 4.78 is 0. The van der Waals surface area contributed by atoms with Crippen molar-refractivity contribution in [2.24, 2.45) is 0 Å². The van der Waals surface area contributed by atoms with Crippen molar-refractivity contribution in [1.29, 1.82) is 0 Å². The van der Waals surface area contributed by atoms with E-state index in [1.54, 1.807) is 5.57 Å². The van der Waals surface area contributed by atoms with Gasteiger partial charge in [-0.05, 0) is 19.3 Å². The zero-order valence-corrected chi connectivity index (χ0v) is 8.13. The van der Waals surface area contributed by atoms with Crippen molar-refractivity contribution in [3.63, 3.8) is 0 Å². The predicted molar refractivity (Wildman–Crippen MR) is 51.2 cm³/mol. The molecule has 0 heterocycles. The molecule has 0 rings (SSSR count). The highest BCUT2D eigenvalue weighted by atomic mass is 35.5. The Bertz CT molecular complexity index is 73.3. The van der Waals surface area contributed by atoms with E-state index in [1.165, 1.54) is 19.3 Å². The third kappa shape index (κ3) is 7.99. The van der Waals surface area contributed by atoms with Gasteiger partial charge in [0, 0.05) is 0 Å². The van der Waals surface area contributed by atoms with Crippen molar-refractivity contribution in [2.75, 3.05) is 0 Å². The van der Waals surface area contributed by atoms with Crippen molar-refractivity contribution in [3.8, 4) is 0 Å². The van der Waals surface area contributed by atoms with Crippen LogP contribution in [0.2, 0.25) is 0 Å². The molecule has 0 saturated carbocycles. The quantitative estimate of drug-likeness (QED) is 0.636. The number of allylic oxidation sites excluding steroid dienone is 2. The van der Waals surface area contributed by atoms with Crippen LogP contribution in [-0.2, 0) is 0 Å². The molecule has 0 aliphatic rings. The van der Waals surface area contributed by atoms with Crippen molar-refractivity contribution in [1.82, 2.24) is 6.15 Å². The van der Waals surface area contributed by atoms with Crippen LogP contribution in [0.15, 0.2) is 11.6 Å². The highest BCUT2D eigenvalue weighted by molar-refractivity contribution is 5.85. The summed E-state index contributed by atoms with van der Waals surface area (Å²) in [6.07, 6.45) is 5.96. The molecule has 64 valence electrons. The van der Waals surface area contributed by atoms with Crippen LogP contribution in [0.5, 0.6) is 0 Å². The Balaban J connectivity index is -0.000000245. The summed E-state index contributed by atoms with van der Waals surface area (Å²) in [5.74, 6) is 0. The molecule has 0 aliphatic heterocycles. The lowest BCUT2D eigenvalue weighted by molar-refractivity contribution is 0.955. The topological polar surface area (TPSA) is 35.0 Å². The second-order valence-electron chi connectivity index (χ2n) is 1.98. The van der Waals surface area contributed by atoms with Gasteiger partial charge in [0.1, 0.15) is 0 Å². The van der Waals surface area contributed by atoms with Crippen molar-refractivity contribution in [3.05, 3.63) is 11.6 Å². The number of rotatable bonds is 3. The van der Waals surface area contributed by atoms with E-state index in [2.05, 4.69) is 26.8 Å². The van der Waals surface area contributed by atoms with Crippen LogP contribution in [-0.4, -0.2) is 0 Å².